The molecule has 9 heteroatoms. The van der Waals surface area contributed by atoms with Gasteiger partial charge in [-0.3, -0.25) is 4.40 Å². The van der Waals surface area contributed by atoms with Crippen LogP contribution in [-0.2, 0) is 6.18 Å². The summed E-state index contributed by atoms with van der Waals surface area (Å²) in [7, 11) is 0. The number of carbonyl (C=O) groups is 1. The molecule has 2 rings (SSSR count). The minimum atomic E-state index is -4.69. The molecule has 0 aliphatic rings. The number of aromatic carboxylic acids is 1. The number of fused-ring (bicyclic) bond motifs is 1. The second-order valence-corrected chi connectivity index (χ2v) is 2.92. The molecule has 84 valence electrons. The van der Waals surface area contributed by atoms with E-state index in [1.54, 1.807) is 0 Å². The first-order valence-electron chi connectivity index (χ1n) is 4.03. The molecule has 0 bridgehead atoms. The maximum absolute atomic E-state index is 12.4. The Bertz CT molecular complexity index is 567. The average Bonchev–Trinajstić information content (AvgIpc) is 2.59. The van der Waals surface area contributed by atoms with E-state index < -0.39 is 29.2 Å². The molecule has 0 aliphatic heterocycles. The molecule has 5 nitrogen and oxygen atoms in total. The zero-order valence-corrected chi connectivity index (χ0v) is 10.5. The predicted molar refractivity (Wildman–Crippen MR) is 42.3 cm³/mol. The van der Waals surface area contributed by atoms with Crippen LogP contribution < -0.4 is 34.7 Å². The number of pyridine rings is 1. The number of halogens is 3. The third kappa shape index (κ3) is 2.43. The molecule has 2 aromatic rings. The van der Waals surface area contributed by atoms with Crippen molar-refractivity contribution in [3.05, 3.63) is 29.7 Å². The Kier molecular flexibility index (Phi) is 3.80. The van der Waals surface area contributed by atoms with Gasteiger partial charge in [0.25, 0.3) is 0 Å². The van der Waals surface area contributed by atoms with Gasteiger partial charge >= 0.3 is 35.7 Å². The van der Waals surface area contributed by atoms with Gasteiger partial charge in [0.15, 0.2) is 5.65 Å². The monoisotopic (exact) mass is 253 g/mol. The molecule has 0 N–H and O–H groups in total. The summed E-state index contributed by atoms with van der Waals surface area (Å²) >= 11 is 0. The van der Waals surface area contributed by atoms with Crippen LogP contribution in [0.15, 0.2) is 18.3 Å². The summed E-state index contributed by atoms with van der Waals surface area (Å²) in [6, 6.07) is 2.25. The molecule has 17 heavy (non-hydrogen) atoms. The number of aromatic nitrogens is 3. The summed E-state index contributed by atoms with van der Waals surface area (Å²) in [6.45, 7) is 0. The molecular weight excluding hydrogens is 250 g/mol. The molecule has 0 radical (unpaired) electrons. The van der Waals surface area contributed by atoms with Gasteiger partial charge < -0.3 is 9.90 Å². The standard InChI is InChI=1S/C8H4F3N3O2.Na/c9-8(10,11)7-13-12-5-4(6(15)16)2-1-3-14(5)7;/h1-3H,(H,15,16);/q;+1/p-1. The van der Waals surface area contributed by atoms with E-state index in [-0.39, 0.29) is 29.6 Å². The Balaban J connectivity index is 0.00000144. The fourth-order valence-corrected chi connectivity index (χ4v) is 1.27. The molecule has 0 spiro atoms. The van der Waals surface area contributed by atoms with E-state index in [1.807, 2.05) is 0 Å². The molecular formula is C8H3F3N3NaO2. The van der Waals surface area contributed by atoms with Gasteiger partial charge in [0.2, 0.25) is 5.82 Å². The Morgan fingerprint density at radius 1 is 1.35 bits per heavy atom. The second kappa shape index (κ2) is 4.63. The van der Waals surface area contributed by atoms with E-state index in [1.165, 1.54) is 0 Å². The summed E-state index contributed by atoms with van der Waals surface area (Å²) in [6.07, 6.45) is -3.66. The minimum Gasteiger partial charge on any atom is -0.545 e. The Labute approximate surface area is 115 Å². The Morgan fingerprint density at radius 3 is 2.53 bits per heavy atom. The topological polar surface area (TPSA) is 70.3 Å². The number of hydrogen-bond donors (Lipinski definition) is 0. The summed E-state index contributed by atoms with van der Waals surface area (Å²) in [5, 5.41) is 16.7. The van der Waals surface area contributed by atoms with Crippen molar-refractivity contribution in [3.63, 3.8) is 0 Å². The normalized spacial score (nSPS) is 11.2. The van der Waals surface area contributed by atoms with Crippen LogP contribution in [0.3, 0.4) is 0 Å². The van der Waals surface area contributed by atoms with E-state index in [9.17, 15) is 23.1 Å². The first-order valence-corrected chi connectivity index (χ1v) is 4.03. The molecule has 0 saturated carbocycles. The van der Waals surface area contributed by atoms with Gasteiger partial charge in [-0.05, 0) is 12.1 Å². The summed E-state index contributed by atoms with van der Waals surface area (Å²) in [5.41, 5.74) is -0.833. The zero-order valence-electron chi connectivity index (χ0n) is 8.52. The fourth-order valence-electron chi connectivity index (χ4n) is 1.27. The van der Waals surface area contributed by atoms with Gasteiger partial charge in [-0.15, -0.1) is 10.2 Å². The van der Waals surface area contributed by atoms with Gasteiger partial charge in [0.1, 0.15) is 0 Å². The van der Waals surface area contributed by atoms with Gasteiger partial charge in [0.05, 0.1) is 5.97 Å². The van der Waals surface area contributed by atoms with Gasteiger partial charge in [-0.1, -0.05) is 0 Å². The first-order chi connectivity index (χ1) is 7.41. The van der Waals surface area contributed by atoms with Crippen LogP contribution in [0, 0.1) is 0 Å². The van der Waals surface area contributed by atoms with E-state index in [0.717, 1.165) is 18.3 Å². The molecule has 0 unspecified atom stereocenters. The summed E-state index contributed by atoms with van der Waals surface area (Å²) in [5.74, 6) is -2.88. The van der Waals surface area contributed by atoms with Crippen LogP contribution in [0.4, 0.5) is 13.2 Å². The van der Waals surface area contributed by atoms with Crippen molar-refractivity contribution in [3.8, 4) is 0 Å². The van der Waals surface area contributed by atoms with Crippen molar-refractivity contribution in [1.29, 1.82) is 0 Å². The van der Waals surface area contributed by atoms with Gasteiger partial charge in [-0.2, -0.15) is 13.2 Å². The maximum Gasteiger partial charge on any atom is 1.00 e. The summed E-state index contributed by atoms with van der Waals surface area (Å²) in [4.78, 5) is 10.6. The van der Waals surface area contributed by atoms with Crippen LogP contribution >= 0.6 is 0 Å². The van der Waals surface area contributed by atoms with Crippen molar-refractivity contribution < 1.29 is 52.6 Å². The molecule has 0 aliphatic carbocycles. The van der Waals surface area contributed by atoms with Crippen LogP contribution in [0.1, 0.15) is 16.2 Å². The van der Waals surface area contributed by atoms with Crippen molar-refractivity contribution in [2.75, 3.05) is 0 Å². The molecule has 0 amide bonds. The Morgan fingerprint density at radius 2 is 2.00 bits per heavy atom. The number of carbonyl (C=O) groups excluding carboxylic acids is 1. The number of carboxylic acid groups (broad SMARTS) is 1. The number of carboxylic acids is 1. The van der Waals surface area contributed by atoms with Crippen molar-refractivity contribution in [2.24, 2.45) is 0 Å². The number of alkyl halides is 3. The second-order valence-electron chi connectivity index (χ2n) is 2.92. The number of rotatable bonds is 1. The molecule has 2 aromatic heterocycles. The van der Waals surface area contributed by atoms with Crippen LogP contribution in [0.2, 0.25) is 0 Å². The molecule has 0 atom stereocenters. The van der Waals surface area contributed by atoms with Crippen molar-refractivity contribution in [2.45, 2.75) is 6.18 Å². The first kappa shape index (κ1) is 13.9. The van der Waals surface area contributed by atoms with Gasteiger partial charge in [0, 0.05) is 11.8 Å². The largest absolute Gasteiger partial charge is 1.00 e. The van der Waals surface area contributed by atoms with Crippen LogP contribution in [0.5, 0.6) is 0 Å². The van der Waals surface area contributed by atoms with E-state index in [4.69, 9.17) is 0 Å². The number of hydrogen-bond acceptors (Lipinski definition) is 4. The third-order valence-electron chi connectivity index (χ3n) is 1.91. The van der Waals surface area contributed by atoms with Crippen LogP contribution in [-0.4, -0.2) is 20.6 Å². The van der Waals surface area contributed by atoms with Crippen molar-refractivity contribution in [1.82, 2.24) is 14.6 Å². The zero-order chi connectivity index (χ0) is 11.9. The predicted octanol–water partition coefficient (Wildman–Crippen LogP) is -2.88. The van der Waals surface area contributed by atoms with E-state index in [2.05, 4.69) is 10.2 Å². The molecule has 2 heterocycles. The van der Waals surface area contributed by atoms with Gasteiger partial charge in [-0.25, -0.2) is 0 Å². The number of nitrogens with zero attached hydrogens (tertiary/aromatic N) is 3. The third-order valence-corrected chi connectivity index (χ3v) is 1.91. The van der Waals surface area contributed by atoms with Crippen LogP contribution in [0.25, 0.3) is 5.65 Å². The fraction of sp³-hybridized carbons (Fsp3) is 0.125. The van der Waals surface area contributed by atoms with Crippen molar-refractivity contribution >= 4 is 11.6 Å². The smallest absolute Gasteiger partial charge is 0.545 e. The maximum atomic E-state index is 12.4. The van der Waals surface area contributed by atoms with E-state index >= 15 is 0 Å². The quantitative estimate of drug-likeness (QED) is 0.512. The SMILES string of the molecule is O=C([O-])c1cccn2c(C(F)(F)F)nnc12.[Na+]. The molecule has 0 fully saturated rings. The van der Waals surface area contributed by atoms with E-state index in [0.29, 0.717) is 4.40 Å². The average molecular weight is 253 g/mol. The molecule has 0 aromatic carbocycles. The summed E-state index contributed by atoms with van der Waals surface area (Å²) < 4.78 is 37.8. The molecule has 0 saturated heterocycles. The Hall–Kier alpha value is -1.12. The minimum absolute atomic E-state index is 0.